The number of hydrogen-bond donors (Lipinski definition) is 1. The molecule has 1 heterocycles. The Morgan fingerprint density at radius 2 is 1.87 bits per heavy atom. The summed E-state index contributed by atoms with van der Waals surface area (Å²) >= 11 is 0.785. The van der Waals surface area contributed by atoms with Crippen LogP contribution in [-0.4, -0.2) is 42.7 Å². The van der Waals surface area contributed by atoms with Gasteiger partial charge in [-0.1, -0.05) is 17.7 Å². The molecule has 7 nitrogen and oxygen atoms in total. The molecule has 0 spiro atoms. The van der Waals surface area contributed by atoms with Gasteiger partial charge >= 0.3 is 0 Å². The van der Waals surface area contributed by atoms with Crippen molar-refractivity contribution in [1.29, 1.82) is 0 Å². The SMILES string of the molecule is COc1ccc(OC)c(/C=C2/SC(=O)N(CC(=O)Nc3ccc(C)cc3C)C2=O)c1. The highest BCUT2D eigenvalue weighted by Gasteiger charge is 2.36. The summed E-state index contributed by atoms with van der Waals surface area (Å²) < 4.78 is 10.5. The zero-order valence-electron chi connectivity index (χ0n) is 17.1. The number of thioether (sulfide) groups is 1. The lowest BCUT2D eigenvalue weighted by molar-refractivity contribution is -0.127. The first-order valence-corrected chi connectivity index (χ1v) is 9.98. The minimum atomic E-state index is -0.523. The van der Waals surface area contributed by atoms with Crippen LogP contribution in [0.2, 0.25) is 0 Å². The average Bonchev–Trinajstić information content (AvgIpc) is 2.97. The molecule has 0 atom stereocenters. The van der Waals surface area contributed by atoms with E-state index in [0.717, 1.165) is 27.8 Å². The van der Waals surface area contributed by atoms with Gasteiger partial charge in [0, 0.05) is 11.3 Å². The molecule has 3 rings (SSSR count). The van der Waals surface area contributed by atoms with Gasteiger partial charge < -0.3 is 14.8 Å². The number of anilines is 1. The second kappa shape index (κ2) is 9.04. The number of amides is 3. The van der Waals surface area contributed by atoms with Gasteiger partial charge in [0.05, 0.1) is 19.1 Å². The average molecular weight is 426 g/mol. The molecular weight excluding hydrogens is 404 g/mol. The monoisotopic (exact) mass is 426 g/mol. The molecule has 1 aliphatic heterocycles. The lowest BCUT2D eigenvalue weighted by Crippen LogP contribution is -2.36. The minimum Gasteiger partial charge on any atom is -0.497 e. The number of aryl methyl sites for hydroxylation is 2. The van der Waals surface area contributed by atoms with Gasteiger partial charge in [-0.05, 0) is 61.5 Å². The maximum atomic E-state index is 12.7. The topological polar surface area (TPSA) is 84.9 Å². The van der Waals surface area contributed by atoms with Crippen LogP contribution in [0.15, 0.2) is 41.3 Å². The Kier molecular flexibility index (Phi) is 6.47. The molecule has 30 heavy (non-hydrogen) atoms. The number of imide groups is 1. The summed E-state index contributed by atoms with van der Waals surface area (Å²) in [5.41, 5.74) is 3.23. The van der Waals surface area contributed by atoms with Gasteiger partial charge in [-0.2, -0.15) is 0 Å². The minimum absolute atomic E-state index is 0.214. The van der Waals surface area contributed by atoms with Crippen molar-refractivity contribution < 1.29 is 23.9 Å². The van der Waals surface area contributed by atoms with Crippen molar-refractivity contribution in [2.24, 2.45) is 0 Å². The first kappa shape index (κ1) is 21.4. The lowest BCUT2D eigenvalue weighted by atomic mass is 10.1. The Morgan fingerprint density at radius 1 is 1.10 bits per heavy atom. The van der Waals surface area contributed by atoms with Crippen molar-refractivity contribution in [3.63, 3.8) is 0 Å². The number of carbonyl (C=O) groups excluding carboxylic acids is 3. The van der Waals surface area contributed by atoms with E-state index in [9.17, 15) is 14.4 Å². The third-order valence-electron chi connectivity index (χ3n) is 4.55. The maximum absolute atomic E-state index is 12.7. The van der Waals surface area contributed by atoms with Crippen LogP contribution in [-0.2, 0) is 9.59 Å². The van der Waals surface area contributed by atoms with Crippen LogP contribution in [0.5, 0.6) is 11.5 Å². The van der Waals surface area contributed by atoms with Gasteiger partial charge in [-0.15, -0.1) is 0 Å². The summed E-state index contributed by atoms with van der Waals surface area (Å²) in [4.78, 5) is 38.7. The molecule has 2 aromatic rings. The number of nitrogens with one attached hydrogen (secondary N) is 1. The molecular formula is C22H22N2O5S. The number of nitrogens with zero attached hydrogens (tertiary/aromatic N) is 1. The van der Waals surface area contributed by atoms with E-state index in [1.165, 1.54) is 14.2 Å². The van der Waals surface area contributed by atoms with Crippen molar-refractivity contribution in [3.8, 4) is 11.5 Å². The summed E-state index contributed by atoms with van der Waals surface area (Å²) in [6.07, 6.45) is 1.56. The molecule has 1 N–H and O–H groups in total. The Labute approximate surface area is 179 Å². The molecule has 0 unspecified atom stereocenters. The first-order valence-electron chi connectivity index (χ1n) is 9.17. The fourth-order valence-corrected chi connectivity index (χ4v) is 3.85. The summed E-state index contributed by atoms with van der Waals surface area (Å²) in [6.45, 7) is 3.49. The predicted octanol–water partition coefficient (Wildman–Crippen LogP) is 4.00. The number of benzene rings is 2. The fraction of sp³-hybridized carbons (Fsp3) is 0.227. The molecule has 8 heteroatoms. The highest BCUT2D eigenvalue weighted by molar-refractivity contribution is 8.18. The molecule has 0 bridgehead atoms. The predicted molar refractivity (Wildman–Crippen MR) is 117 cm³/mol. The van der Waals surface area contributed by atoms with E-state index >= 15 is 0 Å². The number of ether oxygens (including phenoxy) is 2. The number of hydrogen-bond acceptors (Lipinski definition) is 6. The summed E-state index contributed by atoms with van der Waals surface area (Å²) in [5.74, 6) is 0.166. The molecule has 0 saturated carbocycles. The maximum Gasteiger partial charge on any atom is 0.294 e. The molecule has 0 aromatic heterocycles. The smallest absolute Gasteiger partial charge is 0.294 e. The van der Waals surface area contributed by atoms with Crippen LogP contribution in [0, 0.1) is 13.8 Å². The van der Waals surface area contributed by atoms with Gasteiger partial charge in [0.1, 0.15) is 18.0 Å². The molecule has 0 radical (unpaired) electrons. The largest absolute Gasteiger partial charge is 0.497 e. The van der Waals surface area contributed by atoms with Crippen LogP contribution in [0.4, 0.5) is 10.5 Å². The van der Waals surface area contributed by atoms with Crippen LogP contribution in [0.3, 0.4) is 0 Å². The zero-order chi connectivity index (χ0) is 21.8. The lowest BCUT2D eigenvalue weighted by Gasteiger charge is -2.14. The first-order chi connectivity index (χ1) is 14.3. The van der Waals surface area contributed by atoms with Crippen LogP contribution >= 0.6 is 11.8 Å². The molecule has 0 aliphatic carbocycles. The Morgan fingerprint density at radius 3 is 2.53 bits per heavy atom. The van der Waals surface area contributed by atoms with Gasteiger partial charge in [0.25, 0.3) is 11.1 Å². The summed E-state index contributed by atoms with van der Waals surface area (Å²) in [6, 6.07) is 10.8. The molecule has 2 aromatic carbocycles. The third-order valence-corrected chi connectivity index (χ3v) is 5.46. The Hall–Kier alpha value is -3.26. The van der Waals surface area contributed by atoms with Crippen LogP contribution < -0.4 is 14.8 Å². The van der Waals surface area contributed by atoms with E-state index < -0.39 is 17.1 Å². The highest BCUT2D eigenvalue weighted by atomic mass is 32.2. The Bertz CT molecular complexity index is 1050. The van der Waals surface area contributed by atoms with E-state index in [0.29, 0.717) is 22.7 Å². The van der Waals surface area contributed by atoms with Gasteiger partial charge in [0.15, 0.2) is 0 Å². The Balaban J connectivity index is 1.76. The van der Waals surface area contributed by atoms with Gasteiger partial charge in [0.2, 0.25) is 5.91 Å². The van der Waals surface area contributed by atoms with Crippen molar-refractivity contribution in [1.82, 2.24) is 4.90 Å². The van der Waals surface area contributed by atoms with E-state index in [4.69, 9.17) is 9.47 Å². The standard InChI is InChI=1S/C22H22N2O5S/c1-13-5-7-17(14(2)9-13)23-20(25)12-24-21(26)19(30-22(24)27)11-15-10-16(28-3)6-8-18(15)29-4/h5-11H,12H2,1-4H3,(H,23,25)/b19-11+. The second-order valence-corrected chi connectivity index (χ2v) is 7.74. The fourth-order valence-electron chi connectivity index (χ4n) is 3.02. The summed E-state index contributed by atoms with van der Waals surface area (Å²) in [7, 11) is 3.05. The third kappa shape index (κ3) is 4.65. The van der Waals surface area contributed by atoms with Crippen molar-refractivity contribution in [2.75, 3.05) is 26.1 Å². The van der Waals surface area contributed by atoms with Gasteiger partial charge in [-0.3, -0.25) is 19.3 Å². The zero-order valence-corrected chi connectivity index (χ0v) is 18.0. The quantitative estimate of drug-likeness (QED) is 0.703. The second-order valence-electron chi connectivity index (χ2n) is 6.74. The molecule has 3 amide bonds. The van der Waals surface area contributed by atoms with E-state index in [2.05, 4.69) is 5.32 Å². The van der Waals surface area contributed by atoms with E-state index in [1.54, 1.807) is 30.3 Å². The number of carbonyl (C=O) groups is 3. The number of methoxy groups -OCH3 is 2. The number of rotatable bonds is 6. The normalized spacial score (nSPS) is 14.9. The summed E-state index contributed by atoms with van der Waals surface area (Å²) in [5, 5.41) is 2.26. The van der Waals surface area contributed by atoms with Gasteiger partial charge in [-0.25, -0.2) is 0 Å². The van der Waals surface area contributed by atoms with Crippen molar-refractivity contribution in [3.05, 3.63) is 58.0 Å². The van der Waals surface area contributed by atoms with Crippen molar-refractivity contribution >= 4 is 40.6 Å². The van der Waals surface area contributed by atoms with Crippen LogP contribution in [0.25, 0.3) is 6.08 Å². The molecule has 156 valence electrons. The van der Waals surface area contributed by atoms with Crippen LogP contribution in [0.1, 0.15) is 16.7 Å². The highest BCUT2D eigenvalue weighted by Crippen LogP contribution is 2.35. The van der Waals surface area contributed by atoms with Crippen molar-refractivity contribution in [2.45, 2.75) is 13.8 Å². The molecule has 1 fully saturated rings. The van der Waals surface area contributed by atoms with E-state index in [1.807, 2.05) is 26.0 Å². The van der Waals surface area contributed by atoms with E-state index in [-0.39, 0.29) is 11.4 Å². The molecule has 1 saturated heterocycles. The molecule has 1 aliphatic rings.